The molecule has 0 saturated carbocycles. The molecule has 2 unspecified atom stereocenters. The molecule has 2 amide bonds. The van der Waals surface area contributed by atoms with E-state index in [9.17, 15) is 9.59 Å². The van der Waals surface area contributed by atoms with Crippen LogP contribution in [0.25, 0.3) is 0 Å². The van der Waals surface area contributed by atoms with Gasteiger partial charge in [0, 0.05) is 0 Å². The lowest BCUT2D eigenvalue weighted by Gasteiger charge is -2.19. The van der Waals surface area contributed by atoms with Crippen molar-refractivity contribution in [3.8, 4) is 0 Å². The molecule has 1 aliphatic carbocycles. The minimum atomic E-state index is -0.0891. The molecule has 1 aliphatic heterocycles. The van der Waals surface area contributed by atoms with E-state index in [1.54, 1.807) is 0 Å². The Labute approximate surface area is 70.8 Å². The van der Waals surface area contributed by atoms with Gasteiger partial charge in [0.25, 0.3) is 0 Å². The summed E-state index contributed by atoms with van der Waals surface area (Å²) in [5, 5.41) is 2.37. The van der Waals surface area contributed by atoms with Gasteiger partial charge in [0.2, 0.25) is 11.8 Å². The highest BCUT2D eigenvalue weighted by molar-refractivity contribution is 6.05. The predicted octanol–water partition coefficient (Wildman–Crippen LogP) is 0.615. The Bertz CT molecular complexity index is 280. The molecular weight excluding hydrogens is 154 g/mol. The molecule has 3 heteroatoms. The number of rotatable bonds is 0. The highest BCUT2D eigenvalue weighted by Crippen LogP contribution is 2.33. The standard InChI is InChI=1S/C9H11NO2/c1-5-2-3-6-7(4-5)9(12)10-8(6)11/h2,6-7H,3-4H2,1H3,(H,10,11,12). The van der Waals surface area contributed by atoms with Crippen molar-refractivity contribution in [1.82, 2.24) is 5.32 Å². The molecule has 1 fully saturated rings. The van der Waals surface area contributed by atoms with Crippen molar-refractivity contribution in [2.75, 3.05) is 0 Å². The van der Waals surface area contributed by atoms with E-state index >= 15 is 0 Å². The van der Waals surface area contributed by atoms with E-state index in [0.717, 1.165) is 12.8 Å². The van der Waals surface area contributed by atoms with Crippen molar-refractivity contribution in [2.45, 2.75) is 19.8 Å². The first-order valence-corrected chi connectivity index (χ1v) is 4.19. The molecule has 2 atom stereocenters. The highest BCUT2D eigenvalue weighted by atomic mass is 16.2. The molecule has 0 spiro atoms. The average Bonchev–Trinajstić information content (AvgIpc) is 2.28. The molecule has 1 N–H and O–H groups in total. The summed E-state index contributed by atoms with van der Waals surface area (Å²) in [5.74, 6) is -0.338. The fraction of sp³-hybridized carbons (Fsp3) is 0.556. The first kappa shape index (κ1) is 7.53. The molecule has 0 aromatic heterocycles. The maximum Gasteiger partial charge on any atom is 0.230 e. The van der Waals surface area contributed by atoms with Gasteiger partial charge in [-0.3, -0.25) is 14.9 Å². The van der Waals surface area contributed by atoms with E-state index in [4.69, 9.17) is 0 Å². The lowest BCUT2D eigenvalue weighted by atomic mass is 9.82. The Morgan fingerprint density at radius 2 is 2.00 bits per heavy atom. The van der Waals surface area contributed by atoms with Crippen LogP contribution in [0.1, 0.15) is 19.8 Å². The number of allylic oxidation sites excluding steroid dienone is 2. The topological polar surface area (TPSA) is 46.2 Å². The third kappa shape index (κ3) is 0.967. The zero-order valence-electron chi connectivity index (χ0n) is 6.96. The molecular formula is C9H11NO2. The fourth-order valence-corrected chi connectivity index (χ4v) is 1.94. The first-order valence-electron chi connectivity index (χ1n) is 4.19. The number of fused-ring (bicyclic) bond motifs is 1. The maximum absolute atomic E-state index is 11.2. The van der Waals surface area contributed by atoms with Crippen LogP contribution in [-0.2, 0) is 9.59 Å². The quantitative estimate of drug-likeness (QED) is 0.422. The highest BCUT2D eigenvalue weighted by Gasteiger charge is 2.42. The molecule has 1 heterocycles. The number of hydrogen-bond acceptors (Lipinski definition) is 2. The van der Waals surface area contributed by atoms with Crippen LogP contribution < -0.4 is 5.32 Å². The van der Waals surface area contributed by atoms with E-state index in [-0.39, 0.29) is 23.7 Å². The second-order valence-corrected chi connectivity index (χ2v) is 3.56. The van der Waals surface area contributed by atoms with Crippen LogP contribution in [-0.4, -0.2) is 11.8 Å². The summed E-state index contributed by atoms with van der Waals surface area (Å²) in [5.41, 5.74) is 1.22. The molecule has 1 saturated heterocycles. The molecule has 0 aromatic carbocycles. The Kier molecular flexibility index (Phi) is 1.53. The van der Waals surface area contributed by atoms with Gasteiger partial charge in [-0.15, -0.1) is 0 Å². The predicted molar refractivity (Wildman–Crippen MR) is 43.1 cm³/mol. The van der Waals surface area contributed by atoms with E-state index in [1.165, 1.54) is 5.57 Å². The van der Waals surface area contributed by atoms with Gasteiger partial charge < -0.3 is 0 Å². The largest absolute Gasteiger partial charge is 0.296 e. The summed E-state index contributed by atoms with van der Waals surface area (Å²) in [6.07, 6.45) is 3.54. The van der Waals surface area contributed by atoms with E-state index in [2.05, 4.69) is 11.4 Å². The van der Waals surface area contributed by atoms with E-state index < -0.39 is 0 Å². The summed E-state index contributed by atoms with van der Waals surface area (Å²) in [6.45, 7) is 2.01. The summed E-state index contributed by atoms with van der Waals surface area (Å²) in [6, 6.07) is 0. The van der Waals surface area contributed by atoms with Crippen LogP contribution in [0.3, 0.4) is 0 Å². The van der Waals surface area contributed by atoms with Crippen molar-refractivity contribution in [3.63, 3.8) is 0 Å². The van der Waals surface area contributed by atoms with Crippen LogP contribution in [0.5, 0.6) is 0 Å². The zero-order valence-corrected chi connectivity index (χ0v) is 6.96. The van der Waals surface area contributed by atoms with Crippen LogP contribution in [0, 0.1) is 11.8 Å². The Balaban J connectivity index is 2.27. The summed E-state index contributed by atoms with van der Waals surface area (Å²) in [7, 11) is 0. The van der Waals surface area contributed by atoms with Gasteiger partial charge in [-0.05, 0) is 19.8 Å². The Morgan fingerprint density at radius 3 is 2.75 bits per heavy atom. The molecule has 0 aromatic rings. The van der Waals surface area contributed by atoms with Gasteiger partial charge in [0.1, 0.15) is 0 Å². The molecule has 3 nitrogen and oxygen atoms in total. The maximum atomic E-state index is 11.2. The number of imide groups is 1. The van der Waals surface area contributed by atoms with Crippen molar-refractivity contribution in [2.24, 2.45) is 11.8 Å². The minimum absolute atomic E-state index is 0.0810. The number of hydrogen-bond donors (Lipinski definition) is 1. The minimum Gasteiger partial charge on any atom is -0.296 e. The molecule has 64 valence electrons. The average molecular weight is 165 g/mol. The summed E-state index contributed by atoms with van der Waals surface area (Å²) >= 11 is 0. The molecule has 12 heavy (non-hydrogen) atoms. The lowest BCUT2D eigenvalue weighted by molar-refractivity contribution is -0.126. The first-order chi connectivity index (χ1) is 5.68. The molecule has 0 bridgehead atoms. The molecule has 0 radical (unpaired) electrons. The fourth-order valence-electron chi connectivity index (χ4n) is 1.94. The van der Waals surface area contributed by atoms with E-state index in [1.807, 2.05) is 6.92 Å². The normalized spacial score (nSPS) is 34.2. The summed E-state index contributed by atoms with van der Waals surface area (Å²) in [4.78, 5) is 22.4. The van der Waals surface area contributed by atoms with Crippen molar-refractivity contribution in [1.29, 1.82) is 0 Å². The van der Waals surface area contributed by atoms with E-state index in [0.29, 0.717) is 0 Å². The third-order valence-corrected chi connectivity index (χ3v) is 2.67. The zero-order chi connectivity index (χ0) is 8.72. The van der Waals surface area contributed by atoms with Gasteiger partial charge in [-0.2, -0.15) is 0 Å². The van der Waals surface area contributed by atoms with Crippen LogP contribution in [0.2, 0.25) is 0 Å². The van der Waals surface area contributed by atoms with Crippen LogP contribution >= 0.6 is 0 Å². The van der Waals surface area contributed by atoms with Crippen molar-refractivity contribution >= 4 is 11.8 Å². The lowest BCUT2D eigenvalue weighted by Crippen LogP contribution is -2.22. The van der Waals surface area contributed by atoms with Crippen LogP contribution in [0.4, 0.5) is 0 Å². The van der Waals surface area contributed by atoms with Crippen molar-refractivity contribution in [3.05, 3.63) is 11.6 Å². The number of carbonyl (C=O) groups is 2. The molecule has 2 rings (SSSR count). The SMILES string of the molecule is CC1=CCC2C(=O)NC(=O)C2C1. The van der Waals surface area contributed by atoms with Gasteiger partial charge in [0.15, 0.2) is 0 Å². The Morgan fingerprint density at radius 1 is 1.33 bits per heavy atom. The third-order valence-electron chi connectivity index (χ3n) is 2.67. The van der Waals surface area contributed by atoms with Crippen molar-refractivity contribution < 1.29 is 9.59 Å². The number of carbonyl (C=O) groups excluding carboxylic acids is 2. The Hall–Kier alpha value is -1.12. The summed E-state index contributed by atoms with van der Waals surface area (Å²) < 4.78 is 0. The second kappa shape index (κ2) is 2.44. The monoisotopic (exact) mass is 165 g/mol. The van der Waals surface area contributed by atoms with Gasteiger partial charge in [-0.25, -0.2) is 0 Å². The number of nitrogens with one attached hydrogen (secondary N) is 1. The number of amides is 2. The van der Waals surface area contributed by atoms with Gasteiger partial charge in [0.05, 0.1) is 11.8 Å². The second-order valence-electron chi connectivity index (χ2n) is 3.56. The van der Waals surface area contributed by atoms with Gasteiger partial charge in [-0.1, -0.05) is 11.6 Å². The van der Waals surface area contributed by atoms with Crippen LogP contribution in [0.15, 0.2) is 11.6 Å². The molecule has 2 aliphatic rings. The smallest absolute Gasteiger partial charge is 0.230 e. The van der Waals surface area contributed by atoms with Gasteiger partial charge >= 0.3 is 0 Å².